The SMILES string of the molecule is Cc1ccc(OCCN2CCN(c3cc(C)nc(C4CC4)n3)CC2)nn1. The zero-order valence-electron chi connectivity index (χ0n) is 15.6. The number of piperazine rings is 1. The molecule has 0 spiro atoms. The summed E-state index contributed by atoms with van der Waals surface area (Å²) < 4.78 is 5.69. The van der Waals surface area contributed by atoms with Gasteiger partial charge in [-0.2, -0.15) is 5.10 Å². The topological polar surface area (TPSA) is 67.3 Å². The van der Waals surface area contributed by atoms with Crippen molar-refractivity contribution in [3.8, 4) is 5.88 Å². The Morgan fingerprint density at radius 1 is 1.00 bits per heavy atom. The maximum Gasteiger partial charge on any atom is 0.233 e. The number of rotatable bonds is 6. The Morgan fingerprint density at radius 2 is 1.81 bits per heavy atom. The van der Waals surface area contributed by atoms with E-state index in [1.807, 2.05) is 19.1 Å². The van der Waals surface area contributed by atoms with E-state index < -0.39 is 0 Å². The van der Waals surface area contributed by atoms with Crippen LogP contribution in [0.5, 0.6) is 5.88 Å². The van der Waals surface area contributed by atoms with E-state index in [2.05, 4.69) is 38.0 Å². The minimum atomic E-state index is 0.594. The third-order valence-corrected chi connectivity index (χ3v) is 4.93. The van der Waals surface area contributed by atoms with Gasteiger partial charge < -0.3 is 9.64 Å². The molecule has 0 amide bonds. The van der Waals surface area contributed by atoms with Gasteiger partial charge in [0.25, 0.3) is 0 Å². The molecule has 1 aliphatic heterocycles. The van der Waals surface area contributed by atoms with E-state index in [0.717, 1.165) is 55.8 Å². The summed E-state index contributed by atoms with van der Waals surface area (Å²) in [6.45, 7) is 9.54. The summed E-state index contributed by atoms with van der Waals surface area (Å²) in [4.78, 5) is 14.2. The Kier molecular flexibility index (Phi) is 4.97. The van der Waals surface area contributed by atoms with Gasteiger partial charge in [-0.1, -0.05) is 0 Å². The first kappa shape index (κ1) is 17.1. The van der Waals surface area contributed by atoms with Crippen molar-refractivity contribution in [3.63, 3.8) is 0 Å². The molecule has 2 aromatic rings. The lowest BCUT2D eigenvalue weighted by molar-refractivity contribution is 0.195. The molecule has 7 heteroatoms. The fraction of sp³-hybridized carbons (Fsp3) is 0.579. The minimum Gasteiger partial charge on any atom is -0.475 e. The van der Waals surface area contributed by atoms with Gasteiger partial charge in [0.2, 0.25) is 5.88 Å². The lowest BCUT2D eigenvalue weighted by Gasteiger charge is -2.35. The Balaban J connectivity index is 1.25. The van der Waals surface area contributed by atoms with E-state index in [0.29, 0.717) is 18.4 Å². The lowest BCUT2D eigenvalue weighted by atomic mass is 10.3. The normalized spacial score (nSPS) is 18.2. The van der Waals surface area contributed by atoms with Crippen LogP contribution >= 0.6 is 0 Å². The van der Waals surface area contributed by atoms with Crippen LogP contribution in [0.15, 0.2) is 18.2 Å². The molecule has 0 bridgehead atoms. The van der Waals surface area contributed by atoms with Crippen LogP contribution in [0.4, 0.5) is 5.82 Å². The Labute approximate surface area is 154 Å². The van der Waals surface area contributed by atoms with Crippen LogP contribution in [0.3, 0.4) is 0 Å². The van der Waals surface area contributed by atoms with Crippen molar-refractivity contribution in [2.45, 2.75) is 32.6 Å². The van der Waals surface area contributed by atoms with Crippen LogP contribution in [0, 0.1) is 13.8 Å². The van der Waals surface area contributed by atoms with Crippen LogP contribution in [0.2, 0.25) is 0 Å². The molecule has 3 heterocycles. The molecule has 2 aromatic heterocycles. The average Bonchev–Trinajstić information content (AvgIpc) is 3.49. The van der Waals surface area contributed by atoms with Gasteiger partial charge in [0.05, 0.1) is 5.69 Å². The van der Waals surface area contributed by atoms with Crippen molar-refractivity contribution in [1.29, 1.82) is 0 Å². The number of ether oxygens (including phenoxy) is 1. The van der Waals surface area contributed by atoms with Crippen molar-refractivity contribution >= 4 is 5.82 Å². The predicted octanol–water partition coefficient (Wildman–Crippen LogP) is 1.96. The average molecular weight is 354 g/mol. The highest BCUT2D eigenvalue weighted by Crippen LogP contribution is 2.38. The number of hydrogen-bond donors (Lipinski definition) is 0. The van der Waals surface area contributed by atoms with E-state index in [9.17, 15) is 0 Å². The Bertz CT molecular complexity index is 738. The Morgan fingerprint density at radius 3 is 2.50 bits per heavy atom. The fourth-order valence-corrected chi connectivity index (χ4v) is 3.20. The van der Waals surface area contributed by atoms with Crippen molar-refractivity contribution in [1.82, 2.24) is 25.1 Å². The smallest absolute Gasteiger partial charge is 0.233 e. The van der Waals surface area contributed by atoms with Gasteiger partial charge >= 0.3 is 0 Å². The monoisotopic (exact) mass is 354 g/mol. The van der Waals surface area contributed by atoms with Gasteiger partial charge in [-0.05, 0) is 32.8 Å². The molecule has 0 aromatic carbocycles. The Hall–Kier alpha value is -2.28. The molecule has 1 saturated heterocycles. The summed E-state index contributed by atoms with van der Waals surface area (Å²) >= 11 is 0. The van der Waals surface area contributed by atoms with Crippen LogP contribution in [0.25, 0.3) is 0 Å². The van der Waals surface area contributed by atoms with Gasteiger partial charge in [-0.15, -0.1) is 5.10 Å². The predicted molar refractivity (Wildman–Crippen MR) is 99.7 cm³/mol. The second-order valence-electron chi connectivity index (χ2n) is 7.19. The third kappa shape index (κ3) is 4.27. The number of aryl methyl sites for hydroxylation is 2. The molecule has 2 fully saturated rings. The highest BCUT2D eigenvalue weighted by atomic mass is 16.5. The summed E-state index contributed by atoms with van der Waals surface area (Å²) in [5, 5.41) is 8.05. The number of nitrogens with zero attached hydrogens (tertiary/aromatic N) is 6. The van der Waals surface area contributed by atoms with E-state index in [1.54, 1.807) is 0 Å². The molecule has 4 rings (SSSR count). The maximum absolute atomic E-state index is 5.69. The number of aromatic nitrogens is 4. The highest BCUT2D eigenvalue weighted by Gasteiger charge is 2.28. The molecular formula is C19H26N6O. The van der Waals surface area contributed by atoms with Crippen LogP contribution in [0.1, 0.15) is 36.0 Å². The zero-order chi connectivity index (χ0) is 17.9. The van der Waals surface area contributed by atoms with Crippen LogP contribution in [-0.2, 0) is 0 Å². The third-order valence-electron chi connectivity index (χ3n) is 4.93. The summed E-state index contributed by atoms with van der Waals surface area (Å²) in [7, 11) is 0. The fourth-order valence-electron chi connectivity index (χ4n) is 3.20. The molecule has 1 saturated carbocycles. The summed E-state index contributed by atoms with van der Waals surface area (Å²) in [6, 6.07) is 5.90. The van der Waals surface area contributed by atoms with Gasteiger partial charge in [-0.3, -0.25) is 4.90 Å². The van der Waals surface area contributed by atoms with Gasteiger partial charge in [0.15, 0.2) is 0 Å². The molecule has 2 aliphatic rings. The molecule has 1 aliphatic carbocycles. The summed E-state index contributed by atoms with van der Waals surface area (Å²) in [5.41, 5.74) is 1.98. The van der Waals surface area contributed by atoms with E-state index in [-0.39, 0.29) is 0 Å². The summed E-state index contributed by atoms with van der Waals surface area (Å²) in [5.74, 6) is 3.32. The molecule has 138 valence electrons. The maximum atomic E-state index is 5.69. The quantitative estimate of drug-likeness (QED) is 0.785. The standard InChI is InChI=1S/C19H26N6O/c1-14-3-6-18(23-22-14)26-12-11-24-7-9-25(10-8-24)17-13-15(2)20-19(21-17)16-4-5-16/h3,6,13,16H,4-5,7-12H2,1-2H3. The van der Waals surface area contributed by atoms with Crippen molar-refractivity contribution in [2.24, 2.45) is 0 Å². The largest absolute Gasteiger partial charge is 0.475 e. The van der Waals surface area contributed by atoms with Gasteiger partial charge in [0, 0.05) is 56.5 Å². The van der Waals surface area contributed by atoms with Crippen molar-refractivity contribution in [3.05, 3.63) is 35.4 Å². The van der Waals surface area contributed by atoms with E-state index in [4.69, 9.17) is 9.72 Å². The number of anilines is 1. The first-order valence-corrected chi connectivity index (χ1v) is 9.43. The first-order chi connectivity index (χ1) is 12.7. The molecule has 26 heavy (non-hydrogen) atoms. The molecule has 0 N–H and O–H groups in total. The summed E-state index contributed by atoms with van der Waals surface area (Å²) in [6.07, 6.45) is 2.48. The second kappa shape index (κ2) is 7.53. The molecule has 0 atom stereocenters. The van der Waals surface area contributed by atoms with Crippen LogP contribution in [-0.4, -0.2) is 64.4 Å². The van der Waals surface area contributed by atoms with Gasteiger partial charge in [0.1, 0.15) is 18.2 Å². The van der Waals surface area contributed by atoms with Gasteiger partial charge in [-0.25, -0.2) is 9.97 Å². The lowest BCUT2D eigenvalue weighted by Crippen LogP contribution is -2.47. The van der Waals surface area contributed by atoms with E-state index in [1.165, 1.54) is 12.8 Å². The first-order valence-electron chi connectivity index (χ1n) is 9.43. The second-order valence-corrected chi connectivity index (χ2v) is 7.19. The van der Waals surface area contributed by atoms with Crippen molar-refractivity contribution < 1.29 is 4.74 Å². The van der Waals surface area contributed by atoms with E-state index >= 15 is 0 Å². The molecule has 0 unspecified atom stereocenters. The molecule has 7 nitrogen and oxygen atoms in total. The number of hydrogen-bond acceptors (Lipinski definition) is 7. The molecule has 0 radical (unpaired) electrons. The van der Waals surface area contributed by atoms with Crippen LogP contribution < -0.4 is 9.64 Å². The van der Waals surface area contributed by atoms with Crippen molar-refractivity contribution in [2.75, 3.05) is 44.2 Å². The molecular weight excluding hydrogens is 328 g/mol. The minimum absolute atomic E-state index is 0.594. The highest BCUT2D eigenvalue weighted by molar-refractivity contribution is 5.41. The zero-order valence-corrected chi connectivity index (χ0v) is 15.6.